The van der Waals surface area contributed by atoms with Crippen LogP contribution in [0.2, 0.25) is 0 Å². The van der Waals surface area contributed by atoms with Crippen LogP contribution in [0.5, 0.6) is 0 Å². The van der Waals surface area contributed by atoms with Crippen molar-refractivity contribution < 1.29 is 4.84 Å². The van der Waals surface area contributed by atoms with E-state index in [0.29, 0.717) is 18.0 Å². The lowest BCUT2D eigenvalue weighted by atomic mass is 10.1. The standard InChI is InChI=1S/C10H23NO/c1-7-12-11(9(4)5)10(6)8(2)3/h8-10H,7H2,1-6H3. The quantitative estimate of drug-likeness (QED) is 0.593. The van der Waals surface area contributed by atoms with Gasteiger partial charge in [-0.25, -0.2) is 0 Å². The molecule has 0 aliphatic rings. The molecule has 1 unspecified atom stereocenters. The van der Waals surface area contributed by atoms with Gasteiger partial charge in [-0.15, -0.1) is 0 Å². The van der Waals surface area contributed by atoms with Crippen LogP contribution in [-0.2, 0) is 4.84 Å². The first-order valence-corrected chi connectivity index (χ1v) is 4.91. The maximum atomic E-state index is 5.56. The van der Waals surface area contributed by atoms with Crippen LogP contribution in [0.3, 0.4) is 0 Å². The highest BCUT2D eigenvalue weighted by Crippen LogP contribution is 2.13. The summed E-state index contributed by atoms with van der Waals surface area (Å²) in [6, 6.07) is 0.951. The van der Waals surface area contributed by atoms with E-state index in [-0.39, 0.29) is 0 Å². The fraction of sp³-hybridized carbons (Fsp3) is 1.00. The van der Waals surface area contributed by atoms with Crippen LogP contribution in [0.4, 0.5) is 0 Å². The smallest absolute Gasteiger partial charge is 0.0657 e. The van der Waals surface area contributed by atoms with E-state index in [1.165, 1.54) is 0 Å². The third-order valence-corrected chi connectivity index (χ3v) is 2.15. The molecule has 0 fully saturated rings. The van der Waals surface area contributed by atoms with Gasteiger partial charge in [0, 0.05) is 12.1 Å². The summed E-state index contributed by atoms with van der Waals surface area (Å²) in [5.74, 6) is 0.638. The summed E-state index contributed by atoms with van der Waals surface area (Å²) in [5, 5.41) is 2.09. The number of hydroxylamine groups is 2. The molecule has 0 heterocycles. The Morgan fingerprint density at radius 1 is 1.08 bits per heavy atom. The SMILES string of the molecule is CCON(C(C)C)C(C)C(C)C. The minimum atomic E-state index is 0.461. The molecular formula is C10H23NO. The second kappa shape index (κ2) is 5.55. The lowest BCUT2D eigenvalue weighted by Gasteiger charge is -2.33. The Morgan fingerprint density at radius 3 is 1.83 bits per heavy atom. The van der Waals surface area contributed by atoms with Gasteiger partial charge in [-0.05, 0) is 33.6 Å². The fourth-order valence-electron chi connectivity index (χ4n) is 1.18. The van der Waals surface area contributed by atoms with E-state index in [4.69, 9.17) is 4.84 Å². The van der Waals surface area contributed by atoms with E-state index in [0.717, 1.165) is 6.61 Å². The molecule has 0 N–H and O–H groups in total. The van der Waals surface area contributed by atoms with Crippen LogP contribution < -0.4 is 0 Å². The summed E-state index contributed by atoms with van der Waals surface area (Å²) < 4.78 is 0. The Hall–Kier alpha value is -0.0800. The zero-order valence-corrected chi connectivity index (χ0v) is 9.29. The summed E-state index contributed by atoms with van der Waals surface area (Å²) in [4.78, 5) is 5.56. The molecule has 0 aliphatic carbocycles. The van der Waals surface area contributed by atoms with Crippen LogP contribution in [0.15, 0.2) is 0 Å². The lowest BCUT2D eigenvalue weighted by Crippen LogP contribution is -2.41. The molecule has 0 saturated heterocycles. The van der Waals surface area contributed by atoms with Gasteiger partial charge >= 0.3 is 0 Å². The molecule has 0 amide bonds. The van der Waals surface area contributed by atoms with Crippen molar-refractivity contribution in [3.05, 3.63) is 0 Å². The largest absolute Gasteiger partial charge is 0.299 e. The van der Waals surface area contributed by atoms with Crippen molar-refractivity contribution in [3.63, 3.8) is 0 Å². The number of hydrogen-bond acceptors (Lipinski definition) is 2. The van der Waals surface area contributed by atoms with Gasteiger partial charge in [0.25, 0.3) is 0 Å². The minimum absolute atomic E-state index is 0.461. The van der Waals surface area contributed by atoms with Crippen molar-refractivity contribution in [1.82, 2.24) is 5.06 Å². The molecule has 0 aromatic rings. The molecule has 0 rings (SSSR count). The molecule has 0 saturated carbocycles. The van der Waals surface area contributed by atoms with Gasteiger partial charge in [0.1, 0.15) is 0 Å². The van der Waals surface area contributed by atoms with Gasteiger partial charge in [-0.1, -0.05) is 13.8 Å². The molecule has 1 atom stereocenters. The predicted molar refractivity (Wildman–Crippen MR) is 52.9 cm³/mol. The summed E-state index contributed by atoms with van der Waals surface area (Å²) in [6.45, 7) is 13.8. The summed E-state index contributed by atoms with van der Waals surface area (Å²) in [6.07, 6.45) is 0. The molecule has 0 aromatic carbocycles. The van der Waals surface area contributed by atoms with Gasteiger partial charge in [-0.2, -0.15) is 5.06 Å². The number of rotatable bonds is 5. The molecular weight excluding hydrogens is 150 g/mol. The van der Waals surface area contributed by atoms with E-state index >= 15 is 0 Å². The normalized spacial score (nSPS) is 14.8. The second-order valence-corrected chi connectivity index (χ2v) is 3.86. The second-order valence-electron chi connectivity index (χ2n) is 3.86. The fourth-order valence-corrected chi connectivity index (χ4v) is 1.18. The monoisotopic (exact) mass is 173 g/mol. The topological polar surface area (TPSA) is 12.5 Å². The highest BCUT2D eigenvalue weighted by molar-refractivity contribution is 4.66. The third-order valence-electron chi connectivity index (χ3n) is 2.15. The molecule has 0 aromatic heterocycles. The molecule has 74 valence electrons. The van der Waals surface area contributed by atoms with Crippen molar-refractivity contribution in [2.75, 3.05) is 6.61 Å². The van der Waals surface area contributed by atoms with Gasteiger partial charge in [-0.3, -0.25) is 4.84 Å². The van der Waals surface area contributed by atoms with Crippen molar-refractivity contribution in [2.24, 2.45) is 5.92 Å². The first-order valence-electron chi connectivity index (χ1n) is 4.91. The zero-order valence-electron chi connectivity index (χ0n) is 9.29. The molecule has 0 radical (unpaired) electrons. The van der Waals surface area contributed by atoms with E-state index in [2.05, 4.69) is 39.7 Å². The Kier molecular flexibility index (Phi) is 5.51. The maximum absolute atomic E-state index is 5.56. The average molecular weight is 173 g/mol. The summed E-state index contributed by atoms with van der Waals surface area (Å²) in [7, 11) is 0. The molecule has 0 spiro atoms. The Bertz CT molecular complexity index is 112. The van der Waals surface area contributed by atoms with E-state index in [9.17, 15) is 0 Å². The Balaban J connectivity index is 4.09. The van der Waals surface area contributed by atoms with Crippen molar-refractivity contribution >= 4 is 0 Å². The van der Waals surface area contributed by atoms with Crippen molar-refractivity contribution in [1.29, 1.82) is 0 Å². The molecule has 0 bridgehead atoms. The summed E-state index contributed by atoms with van der Waals surface area (Å²) >= 11 is 0. The molecule has 2 heteroatoms. The van der Waals surface area contributed by atoms with Gasteiger partial charge in [0.05, 0.1) is 6.61 Å². The van der Waals surface area contributed by atoms with Crippen LogP contribution in [-0.4, -0.2) is 23.8 Å². The minimum Gasteiger partial charge on any atom is -0.299 e. The molecule has 0 aliphatic heterocycles. The molecule has 12 heavy (non-hydrogen) atoms. The van der Waals surface area contributed by atoms with Crippen LogP contribution >= 0.6 is 0 Å². The zero-order chi connectivity index (χ0) is 9.72. The predicted octanol–water partition coefficient (Wildman–Crippen LogP) is 2.69. The van der Waals surface area contributed by atoms with Gasteiger partial charge in [0.2, 0.25) is 0 Å². The first-order chi connectivity index (χ1) is 5.50. The van der Waals surface area contributed by atoms with E-state index in [1.807, 2.05) is 6.92 Å². The van der Waals surface area contributed by atoms with Crippen LogP contribution in [0, 0.1) is 5.92 Å². The Morgan fingerprint density at radius 2 is 1.58 bits per heavy atom. The maximum Gasteiger partial charge on any atom is 0.0657 e. The van der Waals surface area contributed by atoms with E-state index < -0.39 is 0 Å². The first kappa shape index (κ1) is 11.9. The molecule has 2 nitrogen and oxygen atoms in total. The summed E-state index contributed by atoms with van der Waals surface area (Å²) in [5.41, 5.74) is 0. The lowest BCUT2D eigenvalue weighted by molar-refractivity contribution is -0.207. The van der Waals surface area contributed by atoms with Crippen LogP contribution in [0.1, 0.15) is 41.5 Å². The van der Waals surface area contributed by atoms with Crippen molar-refractivity contribution in [2.45, 2.75) is 53.6 Å². The average Bonchev–Trinajstić information content (AvgIpc) is 1.98. The Labute approximate surface area is 76.9 Å². The number of nitrogens with zero attached hydrogens (tertiary/aromatic N) is 1. The van der Waals surface area contributed by atoms with Gasteiger partial charge < -0.3 is 0 Å². The van der Waals surface area contributed by atoms with Crippen LogP contribution in [0.25, 0.3) is 0 Å². The van der Waals surface area contributed by atoms with Crippen molar-refractivity contribution in [3.8, 4) is 0 Å². The highest BCUT2D eigenvalue weighted by atomic mass is 16.7. The van der Waals surface area contributed by atoms with Gasteiger partial charge in [0.15, 0.2) is 0 Å². The van der Waals surface area contributed by atoms with E-state index in [1.54, 1.807) is 0 Å². The highest BCUT2D eigenvalue weighted by Gasteiger charge is 2.19. The third kappa shape index (κ3) is 3.55. The number of hydrogen-bond donors (Lipinski definition) is 0.